The van der Waals surface area contributed by atoms with Crippen LogP contribution < -0.4 is 4.74 Å². The third-order valence-electron chi connectivity index (χ3n) is 3.79. The summed E-state index contributed by atoms with van der Waals surface area (Å²) in [4.78, 5) is 0. The molecule has 0 radical (unpaired) electrons. The molecule has 0 fully saturated rings. The van der Waals surface area contributed by atoms with Gasteiger partial charge >= 0.3 is 0 Å². The molecule has 0 aromatic heterocycles. The molecule has 1 aromatic carbocycles. The minimum absolute atomic E-state index is 0.147. The Morgan fingerprint density at radius 1 is 1.16 bits per heavy atom. The van der Waals surface area contributed by atoms with E-state index >= 15 is 0 Å². The fraction of sp³-hybridized carbons (Fsp3) is 0.500. The van der Waals surface area contributed by atoms with Crippen molar-refractivity contribution in [3.8, 4) is 18.1 Å². The highest BCUT2D eigenvalue weighted by atomic mass is 28.4. The molecule has 0 aliphatic carbocycles. The first-order chi connectivity index (χ1) is 8.71. The smallest absolute Gasteiger partial charge is 0.194 e. The average Bonchev–Trinajstić information content (AvgIpc) is 2.35. The zero-order valence-corrected chi connectivity index (χ0v) is 13.8. The molecular weight excluding hydrogens is 252 g/mol. The molecule has 1 rings (SSSR count). The van der Waals surface area contributed by atoms with Gasteiger partial charge in [0.15, 0.2) is 8.32 Å². The lowest BCUT2D eigenvalue weighted by Crippen LogP contribution is -2.41. The van der Waals surface area contributed by atoms with E-state index < -0.39 is 8.32 Å². The van der Waals surface area contributed by atoms with E-state index in [1.54, 1.807) is 7.11 Å². The second-order valence-corrected chi connectivity index (χ2v) is 11.0. The first kappa shape index (κ1) is 15.8. The Bertz CT molecular complexity index is 449. The van der Waals surface area contributed by atoms with Gasteiger partial charge in [-0.2, -0.15) is 0 Å². The van der Waals surface area contributed by atoms with Crippen LogP contribution in [0.5, 0.6) is 5.75 Å². The summed E-state index contributed by atoms with van der Waals surface area (Å²) in [6.45, 7) is 11.0. The maximum Gasteiger partial charge on any atom is 0.194 e. The van der Waals surface area contributed by atoms with E-state index in [0.717, 1.165) is 11.3 Å². The molecule has 19 heavy (non-hydrogen) atoms. The van der Waals surface area contributed by atoms with E-state index in [1.807, 2.05) is 24.3 Å². The summed E-state index contributed by atoms with van der Waals surface area (Å²) in [6.07, 6.45) is 5.36. The number of ether oxygens (including phenoxy) is 1. The van der Waals surface area contributed by atoms with Crippen LogP contribution in [0, 0.1) is 12.3 Å². The molecule has 1 unspecified atom stereocenters. The van der Waals surface area contributed by atoms with E-state index in [4.69, 9.17) is 15.6 Å². The van der Waals surface area contributed by atoms with Crippen molar-refractivity contribution in [3.05, 3.63) is 29.8 Å². The quantitative estimate of drug-likeness (QED) is 0.600. The van der Waals surface area contributed by atoms with Gasteiger partial charge < -0.3 is 9.16 Å². The van der Waals surface area contributed by atoms with Crippen molar-refractivity contribution >= 4 is 8.32 Å². The van der Waals surface area contributed by atoms with Crippen LogP contribution in [0.15, 0.2) is 24.3 Å². The minimum Gasteiger partial charge on any atom is -0.497 e. The first-order valence-corrected chi connectivity index (χ1v) is 9.40. The number of hydrogen-bond donors (Lipinski definition) is 0. The number of terminal acetylenes is 1. The summed E-state index contributed by atoms with van der Waals surface area (Å²) >= 11 is 0. The Labute approximate surface area is 118 Å². The van der Waals surface area contributed by atoms with Crippen molar-refractivity contribution in [1.82, 2.24) is 0 Å². The van der Waals surface area contributed by atoms with E-state index in [2.05, 4.69) is 39.8 Å². The molecule has 0 bridgehead atoms. The predicted octanol–water partition coefficient (Wildman–Crippen LogP) is 4.39. The zero-order chi connectivity index (χ0) is 14.7. The highest BCUT2D eigenvalue weighted by Crippen LogP contribution is 2.39. The van der Waals surface area contributed by atoms with Crippen LogP contribution in [0.2, 0.25) is 18.1 Å². The van der Waals surface area contributed by atoms with Crippen molar-refractivity contribution in [2.24, 2.45) is 0 Å². The van der Waals surface area contributed by atoms with Crippen molar-refractivity contribution in [2.75, 3.05) is 7.11 Å². The number of benzene rings is 1. The summed E-state index contributed by atoms with van der Waals surface area (Å²) in [5.41, 5.74) is 1.01. The molecule has 1 aromatic rings. The van der Waals surface area contributed by atoms with Gasteiger partial charge in [-0.1, -0.05) is 38.8 Å². The molecule has 0 amide bonds. The Balaban J connectivity index is 2.93. The largest absolute Gasteiger partial charge is 0.497 e. The maximum atomic E-state index is 6.27. The van der Waals surface area contributed by atoms with Crippen LogP contribution in [0.25, 0.3) is 0 Å². The second-order valence-electron chi connectivity index (χ2n) is 6.20. The third kappa shape index (κ3) is 3.86. The molecule has 0 aliphatic rings. The molecule has 1 atom stereocenters. The van der Waals surface area contributed by atoms with Crippen LogP contribution in [0.4, 0.5) is 0 Å². The monoisotopic (exact) mass is 276 g/mol. The first-order valence-electron chi connectivity index (χ1n) is 6.49. The molecule has 0 aliphatic heterocycles. The van der Waals surface area contributed by atoms with Gasteiger partial charge in [0.25, 0.3) is 0 Å². The summed E-state index contributed by atoms with van der Waals surface area (Å²) < 4.78 is 11.4. The molecule has 0 saturated carbocycles. The van der Waals surface area contributed by atoms with Crippen molar-refractivity contribution in [2.45, 2.75) is 45.0 Å². The topological polar surface area (TPSA) is 18.5 Å². The second kappa shape index (κ2) is 5.81. The van der Waals surface area contributed by atoms with Crippen LogP contribution in [-0.2, 0) is 4.43 Å². The fourth-order valence-electron chi connectivity index (χ4n) is 1.45. The molecule has 3 heteroatoms. The number of hydrogen-bond acceptors (Lipinski definition) is 2. The van der Waals surface area contributed by atoms with E-state index in [0.29, 0.717) is 0 Å². The van der Waals surface area contributed by atoms with Gasteiger partial charge in [0, 0.05) is 0 Å². The lowest BCUT2D eigenvalue weighted by atomic mass is 10.1. The lowest BCUT2D eigenvalue weighted by molar-refractivity contribution is 0.238. The van der Waals surface area contributed by atoms with Crippen LogP contribution in [0.1, 0.15) is 32.4 Å². The SMILES string of the molecule is C#CC(O[Si](C)(C)C(C)(C)C)c1ccc(OC)cc1. The van der Waals surface area contributed by atoms with E-state index in [-0.39, 0.29) is 11.1 Å². The molecule has 2 nitrogen and oxygen atoms in total. The normalized spacial score (nSPS) is 13.7. The van der Waals surface area contributed by atoms with Crippen molar-refractivity contribution in [3.63, 3.8) is 0 Å². The highest BCUT2D eigenvalue weighted by Gasteiger charge is 2.39. The summed E-state index contributed by atoms with van der Waals surface area (Å²) in [5, 5.41) is 0.147. The highest BCUT2D eigenvalue weighted by molar-refractivity contribution is 6.74. The maximum absolute atomic E-state index is 6.27. The Morgan fingerprint density at radius 3 is 2.05 bits per heavy atom. The Hall–Kier alpha value is -1.24. The van der Waals surface area contributed by atoms with Gasteiger partial charge in [-0.25, -0.2) is 0 Å². The molecule has 0 heterocycles. The zero-order valence-electron chi connectivity index (χ0n) is 12.8. The van der Waals surface area contributed by atoms with Gasteiger partial charge in [-0.3, -0.25) is 0 Å². The predicted molar refractivity (Wildman–Crippen MR) is 82.9 cm³/mol. The van der Waals surface area contributed by atoms with Crippen LogP contribution in [0.3, 0.4) is 0 Å². The molecule has 0 N–H and O–H groups in total. The number of rotatable bonds is 4. The van der Waals surface area contributed by atoms with E-state index in [9.17, 15) is 0 Å². The van der Waals surface area contributed by atoms with Gasteiger partial charge in [0.05, 0.1) is 7.11 Å². The van der Waals surface area contributed by atoms with Crippen LogP contribution >= 0.6 is 0 Å². The van der Waals surface area contributed by atoms with Gasteiger partial charge in [-0.05, 0) is 35.8 Å². The summed E-state index contributed by atoms with van der Waals surface area (Å²) in [6, 6.07) is 7.76. The summed E-state index contributed by atoms with van der Waals surface area (Å²) in [7, 11) is -0.215. The molecule has 0 spiro atoms. The molecular formula is C16H24O2Si. The van der Waals surface area contributed by atoms with Crippen LogP contribution in [-0.4, -0.2) is 15.4 Å². The standard InChI is InChI=1S/C16H24O2Si/c1-8-15(18-19(6,7)16(2,3)4)13-9-11-14(17-5)12-10-13/h1,9-12,15H,2-7H3. The molecule has 104 valence electrons. The van der Waals surface area contributed by atoms with Gasteiger partial charge in [0.1, 0.15) is 11.9 Å². The average molecular weight is 276 g/mol. The van der Waals surface area contributed by atoms with Crippen molar-refractivity contribution < 1.29 is 9.16 Å². The van der Waals surface area contributed by atoms with Gasteiger partial charge in [-0.15, -0.1) is 6.42 Å². The van der Waals surface area contributed by atoms with Crippen molar-refractivity contribution in [1.29, 1.82) is 0 Å². The third-order valence-corrected chi connectivity index (χ3v) is 8.23. The molecule has 0 saturated heterocycles. The minimum atomic E-state index is -1.87. The van der Waals surface area contributed by atoms with E-state index in [1.165, 1.54) is 0 Å². The fourth-order valence-corrected chi connectivity index (χ4v) is 2.60. The number of methoxy groups -OCH3 is 1. The summed E-state index contributed by atoms with van der Waals surface area (Å²) in [5.74, 6) is 3.58. The lowest BCUT2D eigenvalue weighted by Gasteiger charge is -2.38. The Morgan fingerprint density at radius 2 is 1.68 bits per heavy atom. The Kier molecular flexibility index (Phi) is 4.84. The van der Waals surface area contributed by atoms with Gasteiger partial charge in [0.2, 0.25) is 0 Å².